The number of hydrogen-bond acceptors (Lipinski definition) is 4. The Kier molecular flexibility index (Phi) is 10.6. The van der Waals surface area contributed by atoms with E-state index >= 15 is 0 Å². The largest absolute Gasteiger partial charge is 0.480 e. The number of carbonyl (C=O) groups is 2. The summed E-state index contributed by atoms with van der Waals surface area (Å²) < 4.78 is 0. The van der Waals surface area contributed by atoms with Crippen molar-refractivity contribution in [2.45, 2.75) is 18.9 Å². The van der Waals surface area contributed by atoms with Crippen molar-refractivity contribution in [1.82, 2.24) is 0 Å². The lowest BCUT2D eigenvalue weighted by atomic mass is 10.2. The molecular weight excluding hydrogens is 284 g/mol. The highest BCUT2D eigenvalue weighted by atomic mass is 16.4. The summed E-state index contributed by atoms with van der Waals surface area (Å²) in [5.74, 6) is -0.987. The van der Waals surface area contributed by atoms with Gasteiger partial charge in [0.2, 0.25) is 0 Å². The number of nitrogens with two attached hydrogens (primary N) is 3. The lowest BCUT2D eigenvalue weighted by Gasteiger charge is -2.03. The van der Waals surface area contributed by atoms with E-state index in [-0.39, 0.29) is 5.96 Å². The number of carboxylic acid groups (broad SMARTS) is 1. The summed E-state index contributed by atoms with van der Waals surface area (Å²) in [7, 11) is 0. The second-order valence-electron chi connectivity index (χ2n) is 4.30. The molecule has 7 heteroatoms. The van der Waals surface area contributed by atoms with Crippen LogP contribution in [0.3, 0.4) is 0 Å². The normalized spacial score (nSPS) is 11.1. The first-order valence-corrected chi connectivity index (χ1v) is 6.68. The fourth-order valence-corrected chi connectivity index (χ4v) is 1.36. The maximum absolute atomic E-state index is 10.2. The number of allylic oxidation sites excluding steroid dienone is 1. The van der Waals surface area contributed by atoms with Crippen LogP contribution in [0.2, 0.25) is 0 Å². The third-order valence-corrected chi connectivity index (χ3v) is 2.45. The number of hydrogen-bond donors (Lipinski definition) is 4. The molecular formula is C15H22N4O3. The number of aldehydes is 1. The maximum Gasteiger partial charge on any atom is 0.320 e. The number of carboxylic acids is 1. The Hall–Kier alpha value is -2.67. The number of aliphatic carboxylic acids is 1. The van der Waals surface area contributed by atoms with Gasteiger partial charge in [-0.3, -0.25) is 14.6 Å². The molecule has 1 rings (SSSR count). The highest BCUT2D eigenvalue weighted by molar-refractivity contribution is 5.75. The lowest BCUT2D eigenvalue weighted by Crippen LogP contribution is -2.30. The van der Waals surface area contributed by atoms with Crippen LogP contribution in [0.4, 0.5) is 0 Å². The topological polar surface area (TPSA) is 145 Å². The van der Waals surface area contributed by atoms with Crippen molar-refractivity contribution in [3.05, 3.63) is 42.0 Å². The van der Waals surface area contributed by atoms with E-state index in [4.69, 9.17) is 22.3 Å². The predicted molar refractivity (Wildman–Crippen MR) is 87.1 cm³/mol. The molecule has 7 N–H and O–H groups in total. The molecule has 1 unspecified atom stereocenters. The average molecular weight is 306 g/mol. The molecule has 0 aliphatic heterocycles. The molecule has 22 heavy (non-hydrogen) atoms. The van der Waals surface area contributed by atoms with Crippen LogP contribution in [0.5, 0.6) is 0 Å². The molecule has 0 bridgehead atoms. The van der Waals surface area contributed by atoms with Crippen molar-refractivity contribution < 1.29 is 14.7 Å². The Morgan fingerprint density at radius 3 is 2.41 bits per heavy atom. The Labute approximate surface area is 129 Å². The van der Waals surface area contributed by atoms with Gasteiger partial charge in [0, 0.05) is 6.54 Å². The molecule has 0 aliphatic rings. The second-order valence-corrected chi connectivity index (χ2v) is 4.30. The summed E-state index contributed by atoms with van der Waals surface area (Å²) in [4.78, 5) is 23.8. The third kappa shape index (κ3) is 11.2. The third-order valence-electron chi connectivity index (χ3n) is 2.45. The van der Waals surface area contributed by atoms with Gasteiger partial charge in [-0.15, -0.1) is 0 Å². The van der Waals surface area contributed by atoms with Gasteiger partial charge in [-0.25, -0.2) is 0 Å². The fourth-order valence-electron chi connectivity index (χ4n) is 1.36. The van der Waals surface area contributed by atoms with Crippen molar-refractivity contribution in [1.29, 1.82) is 0 Å². The number of benzene rings is 1. The highest BCUT2D eigenvalue weighted by Gasteiger charge is 2.09. The highest BCUT2D eigenvalue weighted by Crippen LogP contribution is 1.99. The quantitative estimate of drug-likeness (QED) is 0.188. The van der Waals surface area contributed by atoms with E-state index in [1.807, 2.05) is 30.3 Å². The van der Waals surface area contributed by atoms with Gasteiger partial charge in [0.1, 0.15) is 12.3 Å². The first-order chi connectivity index (χ1) is 10.5. The summed E-state index contributed by atoms with van der Waals surface area (Å²) in [5.41, 5.74) is 16.4. The molecule has 7 nitrogen and oxygen atoms in total. The van der Waals surface area contributed by atoms with Gasteiger partial charge >= 0.3 is 5.97 Å². The van der Waals surface area contributed by atoms with Crippen LogP contribution in [-0.4, -0.2) is 35.9 Å². The van der Waals surface area contributed by atoms with Crippen molar-refractivity contribution in [2.75, 3.05) is 6.54 Å². The van der Waals surface area contributed by atoms with E-state index in [9.17, 15) is 9.59 Å². The summed E-state index contributed by atoms with van der Waals surface area (Å²) in [6.45, 7) is 0.420. The van der Waals surface area contributed by atoms with Crippen molar-refractivity contribution >= 4 is 24.3 Å². The molecule has 0 fully saturated rings. The van der Waals surface area contributed by atoms with E-state index in [0.717, 1.165) is 11.8 Å². The van der Waals surface area contributed by atoms with Crippen molar-refractivity contribution in [2.24, 2.45) is 22.2 Å². The van der Waals surface area contributed by atoms with E-state index in [0.29, 0.717) is 19.4 Å². The zero-order valence-corrected chi connectivity index (χ0v) is 12.3. The first-order valence-electron chi connectivity index (χ1n) is 6.68. The predicted octanol–water partition coefficient (Wildman–Crippen LogP) is 0.351. The standard InChI is InChI=1S/C9H8O.C6H14N4O2/c10-8-4-7-9-5-2-1-3-6-9;7-4(5(11)12)2-1-3-10-6(8)9/h1-8H;4H,1-3,7H2,(H,11,12)(H4,8,9,10). The number of guanidine groups is 1. The minimum atomic E-state index is -1.00. The Bertz CT molecular complexity index is 497. The Balaban J connectivity index is 0.000000406. The molecule has 0 spiro atoms. The van der Waals surface area contributed by atoms with Gasteiger partial charge in [-0.05, 0) is 24.5 Å². The van der Waals surface area contributed by atoms with Crippen LogP contribution in [0.1, 0.15) is 18.4 Å². The fraction of sp³-hybridized carbons (Fsp3) is 0.267. The average Bonchev–Trinajstić information content (AvgIpc) is 2.50. The van der Waals surface area contributed by atoms with Gasteiger partial charge in [-0.1, -0.05) is 36.4 Å². The zero-order chi connectivity index (χ0) is 16.8. The first kappa shape index (κ1) is 19.3. The summed E-state index contributed by atoms with van der Waals surface area (Å²) in [6, 6.07) is 8.88. The number of carbonyl (C=O) groups excluding carboxylic acids is 1. The molecule has 0 amide bonds. The summed E-state index contributed by atoms with van der Waals surface area (Å²) in [5, 5.41) is 8.38. The lowest BCUT2D eigenvalue weighted by molar-refractivity contribution is -0.138. The molecule has 0 heterocycles. The smallest absolute Gasteiger partial charge is 0.320 e. The van der Waals surface area contributed by atoms with E-state index in [2.05, 4.69) is 4.99 Å². The van der Waals surface area contributed by atoms with Crippen molar-refractivity contribution in [3.63, 3.8) is 0 Å². The molecule has 0 saturated heterocycles. The molecule has 120 valence electrons. The minimum Gasteiger partial charge on any atom is -0.480 e. The number of nitrogens with zero attached hydrogens (tertiary/aromatic N) is 1. The summed E-state index contributed by atoms with van der Waals surface area (Å²) >= 11 is 0. The maximum atomic E-state index is 10.2. The van der Waals surface area contributed by atoms with Crippen molar-refractivity contribution in [3.8, 4) is 0 Å². The molecule has 1 aromatic carbocycles. The van der Waals surface area contributed by atoms with Crippen LogP contribution in [-0.2, 0) is 9.59 Å². The SMILES string of the molecule is NC(N)=NCCCC(N)C(=O)O.O=CC=Cc1ccccc1. The molecule has 0 radical (unpaired) electrons. The molecule has 0 saturated carbocycles. The van der Waals surface area contributed by atoms with Crippen LogP contribution >= 0.6 is 0 Å². The molecule has 1 atom stereocenters. The monoisotopic (exact) mass is 306 g/mol. The van der Waals surface area contributed by atoms with E-state index < -0.39 is 12.0 Å². The van der Waals surface area contributed by atoms with Crippen LogP contribution in [0.25, 0.3) is 6.08 Å². The van der Waals surface area contributed by atoms with Gasteiger partial charge in [0.15, 0.2) is 5.96 Å². The van der Waals surface area contributed by atoms with Gasteiger partial charge in [-0.2, -0.15) is 0 Å². The van der Waals surface area contributed by atoms with E-state index in [1.165, 1.54) is 6.08 Å². The van der Waals surface area contributed by atoms with Gasteiger partial charge in [0.05, 0.1) is 0 Å². The number of aliphatic imine (C=N–C) groups is 1. The van der Waals surface area contributed by atoms with Gasteiger partial charge < -0.3 is 22.3 Å². The molecule has 0 aromatic heterocycles. The zero-order valence-electron chi connectivity index (χ0n) is 12.3. The van der Waals surface area contributed by atoms with Crippen LogP contribution in [0.15, 0.2) is 41.4 Å². The Morgan fingerprint density at radius 2 is 1.91 bits per heavy atom. The van der Waals surface area contributed by atoms with Gasteiger partial charge in [0.25, 0.3) is 0 Å². The minimum absolute atomic E-state index is 0.0129. The van der Waals surface area contributed by atoms with E-state index in [1.54, 1.807) is 6.08 Å². The van der Waals surface area contributed by atoms with Crippen LogP contribution in [0, 0.1) is 0 Å². The molecule has 0 aliphatic carbocycles. The van der Waals surface area contributed by atoms with Crippen LogP contribution < -0.4 is 17.2 Å². The second kappa shape index (κ2) is 12.1. The number of rotatable bonds is 7. The summed E-state index contributed by atoms with van der Waals surface area (Å²) in [6.07, 6.45) is 4.98. The molecule has 1 aromatic rings. The Morgan fingerprint density at radius 1 is 1.27 bits per heavy atom.